The minimum atomic E-state index is -1.25. The first kappa shape index (κ1) is 11.9. The molecule has 1 amide bonds. The first-order valence-electron chi connectivity index (χ1n) is 4.96. The molecule has 2 atom stereocenters. The molecule has 0 radical (unpaired) electrons. The zero-order valence-electron chi connectivity index (χ0n) is 8.57. The number of carboxylic acid groups (broad SMARTS) is 1. The highest BCUT2D eigenvalue weighted by molar-refractivity contribution is 6.30. The lowest BCUT2D eigenvalue weighted by molar-refractivity contribution is -0.308. The third-order valence-electron chi connectivity index (χ3n) is 2.62. The predicted octanol–water partition coefficient (Wildman–Crippen LogP) is 0.804. The second-order valence-corrected chi connectivity index (χ2v) is 4.32. The topological polar surface area (TPSA) is 69.2 Å². The van der Waals surface area contributed by atoms with E-state index in [4.69, 9.17) is 11.6 Å². The van der Waals surface area contributed by atoms with Crippen LogP contribution in [0.4, 0.5) is 10.1 Å². The minimum Gasteiger partial charge on any atom is -0.550 e. The van der Waals surface area contributed by atoms with E-state index >= 15 is 0 Å². The molecular weight excluding hydrogens is 249 g/mol. The molecule has 0 spiro atoms. The molecule has 0 bridgehead atoms. The van der Waals surface area contributed by atoms with E-state index in [0.717, 1.165) is 6.07 Å². The molecule has 1 N–H and O–H groups in total. The van der Waals surface area contributed by atoms with E-state index in [1.807, 2.05) is 0 Å². The third-order valence-corrected chi connectivity index (χ3v) is 2.85. The van der Waals surface area contributed by atoms with E-state index in [9.17, 15) is 19.1 Å². The van der Waals surface area contributed by atoms with Crippen LogP contribution in [0.1, 0.15) is 6.42 Å². The Morgan fingerprint density at radius 2 is 2.12 bits per heavy atom. The number of hydrogen-bond acceptors (Lipinski definition) is 3. The van der Waals surface area contributed by atoms with Crippen LogP contribution >= 0.6 is 11.6 Å². The molecule has 0 aliphatic heterocycles. The molecule has 0 unspecified atom stereocenters. The molecule has 6 heteroatoms. The molecule has 0 heterocycles. The van der Waals surface area contributed by atoms with Gasteiger partial charge in [0.05, 0.1) is 5.69 Å². The molecule has 1 fully saturated rings. The van der Waals surface area contributed by atoms with Gasteiger partial charge in [0.1, 0.15) is 5.82 Å². The summed E-state index contributed by atoms with van der Waals surface area (Å²) in [5, 5.41) is 13.0. The van der Waals surface area contributed by atoms with Gasteiger partial charge in [0.25, 0.3) is 0 Å². The van der Waals surface area contributed by atoms with Crippen LogP contribution in [0.15, 0.2) is 18.2 Å². The zero-order chi connectivity index (χ0) is 12.6. The van der Waals surface area contributed by atoms with Crippen molar-refractivity contribution in [3.63, 3.8) is 0 Å². The zero-order valence-corrected chi connectivity index (χ0v) is 9.33. The molecular formula is C11H8ClFNO3-. The van der Waals surface area contributed by atoms with Crippen molar-refractivity contribution in [2.75, 3.05) is 5.32 Å². The van der Waals surface area contributed by atoms with Gasteiger partial charge in [-0.1, -0.05) is 11.6 Å². The van der Waals surface area contributed by atoms with E-state index < -0.39 is 29.5 Å². The first-order valence-corrected chi connectivity index (χ1v) is 5.33. The van der Waals surface area contributed by atoms with Crippen LogP contribution in [-0.4, -0.2) is 11.9 Å². The van der Waals surface area contributed by atoms with Gasteiger partial charge >= 0.3 is 0 Å². The Morgan fingerprint density at radius 1 is 1.41 bits per heavy atom. The number of rotatable bonds is 3. The highest BCUT2D eigenvalue weighted by Crippen LogP contribution is 2.38. The molecule has 17 heavy (non-hydrogen) atoms. The summed E-state index contributed by atoms with van der Waals surface area (Å²) in [5.74, 6) is -3.81. The number of amides is 1. The Hall–Kier alpha value is -1.62. The van der Waals surface area contributed by atoms with Gasteiger partial charge in [-0.3, -0.25) is 4.79 Å². The van der Waals surface area contributed by atoms with E-state index in [1.165, 1.54) is 12.1 Å². The minimum absolute atomic E-state index is 0.0107. The van der Waals surface area contributed by atoms with Gasteiger partial charge in [0, 0.05) is 22.8 Å². The van der Waals surface area contributed by atoms with Gasteiger partial charge in [0.2, 0.25) is 5.91 Å². The molecule has 1 aliphatic carbocycles. The fraction of sp³-hybridized carbons (Fsp3) is 0.273. The van der Waals surface area contributed by atoms with Gasteiger partial charge in [-0.15, -0.1) is 0 Å². The standard InChI is InChI=1S/C11H9ClFNO3/c12-5-1-2-9(8(13)3-5)14-10(15)6-4-7(6)11(16)17/h1-3,6-7H,4H2,(H,14,15)(H,16,17)/p-1/t6-,7+/m0/s1. The van der Waals surface area contributed by atoms with Gasteiger partial charge in [-0.2, -0.15) is 0 Å². The molecule has 90 valence electrons. The van der Waals surface area contributed by atoms with Crippen LogP contribution in [0.5, 0.6) is 0 Å². The van der Waals surface area contributed by atoms with Crippen molar-refractivity contribution in [1.29, 1.82) is 0 Å². The Labute approximate surface area is 101 Å². The fourth-order valence-corrected chi connectivity index (χ4v) is 1.72. The van der Waals surface area contributed by atoms with Crippen molar-refractivity contribution in [2.24, 2.45) is 11.8 Å². The molecule has 1 saturated carbocycles. The maximum atomic E-state index is 13.3. The summed E-state index contributed by atoms with van der Waals surface area (Å²) < 4.78 is 13.3. The van der Waals surface area contributed by atoms with Crippen molar-refractivity contribution in [3.8, 4) is 0 Å². The normalized spacial score (nSPS) is 22.0. The summed E-state index contributed by atoms with van der Waals surface area (Å²) >= 11 is 5.55. The van der Waals surface area contributed by atoms with Gasteiger partial charge in [-0.25, -0.2) is 4.39 Å². The van der Waals surface area contributed by atoms with Crippen LogP contribution in [-0.2, 0) is 9.59 Å². The van der Waals surface area contributed by atoms with Crippen LogP contribution in [0.3, 0.4) is 0 Å². The number of anilines is 1. The van der Waals surface area contributed by atoms with Crippen molar-refractivity contribution < 1.29 is 19.1 Å². The lowest BCUT2D eigenvalue weighted by Gasteiger charge is -2.06. The Balaban J connectivity index is 2.02. The lowest BCUT2D eigenvalue weighted by atomic mass is 10.2. The predicted molar refractivity (Wildman–Crippen MR) is 56.6 cm³/mol. The van der Waals surface area contributed by atoms with E-state index in [-0.39, 0.29) is 17.1 Å². The maximum Gasteiger partial charge on any atom is 0.228 e. The number of carbonyl (C=O) groups excluding carboxylic acids is 2. The molecule has 0 aromatic heterocycles. The summed E-state index contributed by atoms with van der Waals surface area (Å²) in [6.45, 7) is 0. The molecule has 1 aliphatic rings. The molecule has 0 saturated heterocycles. The first-order chi connectivity index (χ1) is 7.99. The largest absolute Gasteiger partial charge is 0.550 e. The highest BCUT2D eigenvalue weighted by atomic mass is 35.5. The van der Waals surface area contributed by atoms with E-state index in [1.54, 1.807) is 0 Å². The SMILES string of the molecule is O=C(Nc1ccc(Cl)cc1F)[C@H]1C[C@H]1C(=O)[O-]. The molecule has 1 aromatic rings. The van der Waals surface area contributed by atoms with Gasteiger partial charge in [0.15, 0.2) is 0 Å². The van der Waals surface area contributed by atoms with Crippen LogP contribution in [0, 0.1) is 17.7 Å². The monoisotopic (exact) mass is 256 g/mol. The van der Waals surface area contributed by atoms with Gasteiger partial charge in [-0.05, 0) is 24.6 Å². The average Bonchev–Trinajstić information content (AvgIpc) is 3.01. The Kier molecular flexibility index (Phi) is 3.02. The summed E-state index contributed by atoms with van der Waals surface area (Å²) in [7, 11) is 0. The van der Waals surface area contributed by atoms with Crippen molar-refractivity contribution in [2.45, 2.75) is 6.42 Å². The Morgan fingerprint density at radius 3 is 2.65 bits per heavy atom. The smallest absolute Gasteiger partial charge is 0.228 e. The molecule has 1 aromatic carbocycles. The number of benzene rings is 1. The second-order valence-electron chi connectivity index (χ2n) is 3.88. The average molecular weight is 257 g/mol. The fourth-order valence-electron chi connectivity index (χ4n) is 1.56. The van der Waals surface area contributed by atoms with Crippen LogP contribution in [0.25, 0.3) is 0 Å². The molecule has 4 nitrogen and oxygen atoms in total. The van der Waals surface area contributed by atoms with E-state index in [0.29, 0.717) is 0 Å². The number of aliphatic carboxylic acids is 1. The summed E-state index contributed by atoms with van der Waals surface area (Å²) in [5.41, 5.74) is -0.0107. The van der Waals surface area contributed by atoms with E-state index in [2.05, 4.69) is 5.32 Å². The summed E-state index contributed by atoms with van der Waals surface area (Å²) in [6.07, 6.45) is 0.239. The maximum absolute atomic E-state index is 13.3. The quantitative estimate of drug-likeness (QED) is 0.870. The number of carbonyl (C=O) groups is 2. The lowest BCUT2D eigenvalue weighted by Crippen LogP contribution is -2.27. The van der Waals surface area contributed by atoms with Crippen molar-refractivity contribution in [1.82, 2.24) is 0 Å². The summed E-state index contributed by atoms with van der Waals surface area (Å²) in [6, 6.07) is 3.83. The number of nitrogens with one attached hydrogen (secondary N) is 1. The van der Waals surface area contributed by atoms with Gasteiger partial charge < -0.3 is 15.2 Å². The van der Waals surface area contributed by atoms with Crippen LogP contribution < -0.4 is 10.4 Å². The number of halogens is 2. The van der Waals surface area contributed by atoms with Crippen LogP contribution in [0.2, 0.25) is 5.02 Å². The van der Waals surface area contributed by atoms with Crippen molar-refractivity contribution >= 4 is 29.2 Å². The number of carboxylic acids is 1. The second kappa shape index (κ2) is 4.33. The highest BCUT2D eigenvalue weighted by Gasteiger charge is 2.44. The third kappa shape index (κ3) is 2.55. The summed E-state index contributed by atoms with van der Waals surface area (Å²) in [4.78, 5) is 22.0. The van der Waals surface area contributed by atoms with Crippen molar-refractivity contribution in [3.05, 3.63) is 29.0 Å². The number of hydrogen-bond donors (Lipinski definition) is 1. The molecule has 2 rings (SSSR count). The Bertz CT molecular complexity index is 492.